The molecule has 0 saturated carbocycles. The Balaban J connectivity index is 2.47. The summed E-state index contributed by atoms with van der Waals surface area (Å²) in [7, 11) is -3.20. The number of aromatic hydroxyl groups is 1. The third-order valence-electron chi connectivity index (χ3n) is 3.04. The molecule has 88 valence electrons. The molecule has 2 rings (SSSR count). The second kappa shape index (κ2) is 3.75. The molecule has 0 unspecified atom stereocenters. The molecule has 0 aliphatic carbocycles. The van der Waals surface area contributed by atoms with E-state index in [0.717, 1.165) is 0 Å². The maximum atomic E-state index is 12.0. The topological polar surface area (TPSA) is 63.6 Å². The Morgan fingerprint density at radius 1 is 1.31 bits per heavy atom. The van der Waals surface area contributed by atoms with Crippen molar-refractivity contribution in [1.29, 1.82) is 0 Å². The van der Waals surface area contributed by atoms with Crippen molar-refractivity contribution in [2.45, 2.75) is 11.7 Å². The first-order chi connectivity index (χ1) is 7.52. The Hall–Kier alpha value is -1.07. The van der Waals surface area contributed by atoms with Gasteiger partial charge < -0.3 is 9.84 Å². The summed E-state index contributed by atoms with van der Waals surface area (Å²) in [6.07, 6.45) is 0. The minimum Gasteiger partial charge on any atom is -0.508 e. The van der Waals surface area contributed by atoms with Crippen molar-refractivity contribution in [3.05, 3.63) is 29.8 Å². The van der Waals surface area contributed by atoms with Crippen LogP contribution in [0.2, 0.25) is 0 Å². The molecule has 16 heavy (non-hydrogen) atoms. The Morgan fingerprint density at radius 2 is 1.88 bits per heavy atom. The predicted octanol–water partition coefficient (Wildman–Crippen LogP) is 1.05. The van der Waals surface area contributed by atoms with Crippen molar-refractivity contribution in [3.63, 3.8) is 0 Å². The predicted molar refractivity (Wildman–Crippen MR) is 60.1 cm³/mol. The summed E-state index contributed by atoms with van der Waals surface area (Å²) in [6.45, 7) is 2.04. The molecular formula is C11H14O4S. The van der Waals surface area contributed by atoms with E-state index in [1.54, 1.807) is 19.1 Å². The molecule has 0 aromatic heterocycles. The summed E-state index contributed by atoms with van der Waals surface area (Å²) in [5.41, 5.74) is 0.693. The summed E-state index contributed by atoms with van der Waals surface area (Å²) in [5.74, 6) is 0.227. The van der Waals surface area contributed by atoms with Gasteiger partial charge in [-0.1, -0.05) is 19.1 Å². The van der Waals surface area contributed by atoms with Crippen LogP contribution in [0.5, 0.6) is 5.75 Å². The molecule has 1 saturated heterocycles. The molecule has 0 bridgehead atoms. The van der Waals surface area contributed by atoms with E-state index in [4.69, 9.17) is 4.74 Å². The zero-order valence-corrected chi connectivity index (χ0v) is 9.83. The first-order valence-electron chi connectivity index (χ1n) is 5.11. The minimum atomic E-state index is -3.20. The van der Waals surface area contributed by atoms with E-state index >= 15 is 0 Å². The van der Waals surface area contributed by atoms with Crippen LogP contribution in [0.4, 0.5) is 0 Å². The highest BCUT2D eigenvalue weighted by molar-refractivity contribution is 7.92. The lowest BCUT2D eigenvalue weighted by Gasteiger charge is -2.40. The van der Waals surface area contributed by atoms with Crippen molar-refractivity contribution in [3.8, 4) is 5.75 Å². The fourth-order valence-corrected chi connectivity index (χ4v) is 3.43. The van der Waals surface area contributed by atoms with Gasteiger partial charge in [0.05, 0.1) is 13.2 Å². The molecule has 1 aromatic rings. The van der Waals surface area contributed by atoms with Crippen LogP contribution >= 0.6 is 0 Å². The summed E-state index contributed by atoms with van der Waals surface area (Å²) < 4.78 is 28.3. The normalized spacial score (nSPS) is 19.1. The van der Waals surface area contributed by atoms with Gasteiger partial charge in [-0.25, -0.2) is 8.42 Å². The number of sulfone groups is 1. The Morgan fingerprint density at radius 3 is 2.25 bits per heavy atom. The summed E-state index contributed by atoms with van der Waals surface area (Å²) in [5, 5.41) is 9.19. The Bertz CT molecular complexity index is 471. The molecule has 1 aromatic carbocycles. The molecule has 1 fully saturated rings. The van der Waals surface area contributed by atoms with Gasteiger partial charge in [0.1, 0.15) is 10.5 Å². The molecule has 4 nitrogen and oxygen atoms in total. The maximum absolute atomic E-state index is 12.0. The highest BCUT2D eigenvalue weighted by Gasteiger charge is 2.50. The average molecular weight is 242 g/mol. The zero-order chi connectivity index (χ0) is 11.8. The molecule has 0 radical (unpaired) electrons. The molecular weight excluding hydrogens is 228 g/mol. The van der Waals surface area contributed by atoms with Crippen LogP contribution < -0.4 is 0 Å². The molecule has 0 atom stereocenters. The number of benzene rings is 1. The van der Waals surface area contributed by atoms with Crippen LogP contribution in [0.25, 0.3) is 0 Å². The SMILES string of the molecule is CCS(=O)(=O)C1(c2ccc(O)cc2)COC1. The summed E-state index contributed by atoms with van der Waals surface area (Å²) >= 11 is 0. The fourth-order valence-electron chi connectivity index (χ4n) is 1.85. The van der Waals surface area contributed by atoms with E-state index in [0.29, 0.717) is 5.56 Å². The number of phenolic OH excluding ortho intramolecular Hbond substituents is 1. The maximum Gasteiger partial charge on any atom is 0.164 e. The van der Waals surface area contributed by atoms with Gasteiger partial charge >= 0.3 is 0 Å². The van der Waals surface area contributed by atoms with Crippen molar-refractivity contribution in [1.82, 2.24) is 0 Å². The highest BCUT2D eigenvalue weighted by atomic mass is 32.2. The van der Waals surface area contributed by atoms with Gasteiger partial charge in [0, 0.05) is 5.75 Å². The van der Waals surface area contributed by atoms with E-state index in [1.165, 1.54) is 12.1 Å². The Kier molecular flexibility index (Phi) is 2.67. The van der Waals surface area contributed by atoms with Crippen LogP contribution in [-0.2, 0) is 19.3 Å². The van der Waals surface area contributed by atoms with Crippen molar-refractivity contribution in [2.24, 2.45) is 0 Å². The van der Waals surface area contributed by atoms with Crippen molar-refractivity contribution in [2.75, 3.05) is 19.0 Å². The molecule has 0 amide bonds. The number of rotatable bonds is 3. The number of phenols is 1. The van der Waals surface area contributed by atoms with E-state index < -0.39 is 14.6 Å². The third-order valence-corrected chi connectivity index (χ3v) is 5.46. The van der Waals surface area contributed by atoms with Gasteiger partial charge in [0.2, 0.25) is 0 Å². The van der Waals surface area contributed by atoms with Gasteiger partial charge in [0.15, 0.2) is 9.84 Å². The van der Waals surface area contributed by atoms with Gasteiger partial charge in [-0.05, 0) is 17.7 Å². The fraction of sp³-hybridized carbons (Fsp3) is 0.455. The number of hydrogen-bond acceptors (Lipinski definition) is 4. The largest absolute Gasteiger partial charge is 0.508 e. The highest BCUT2D eigenvalue weighted by Crippen LogP contribution is 2.38. The smallest absolute Gasteiger partial charge is 0.164 e. The lowest BCUT2D eigenvalue weighted by molar-refractivity contribution is -0.0158. The summed E-state index contributed by atoms with van der Waals surface area (Å²) in [4.78, 5) is 0. The van der Waals surface area contributed by atoms with E-state index in [1.807, 2.05) is 0 Å². The van der Waals surface area contributed by atoms with E-state index in [-0.39, 0.29) is 24.7 Å². The second-order valence-electron chi connectivity index (χ2n) is 3.94. The minimum absolute atomic E-state index is 0.0945. The van der Waals surface area contributed by atoms with Crippen molar-refractivity contribution < 1.29 is 18.3 Å². The number of hydrogen-bond donors (Lipinski definition) is 1. The monoisotopic (exact) mass is 242 g/mol. The standard InChI is InChI=1S/C11H14O4S/c1-2-16(13,14)11(7-15-8-11)9-3-5-10(12)6-4-9/h3-6,12H,2,7-8H2,1H3. The van der Waals surface area contributed by atoms with Gasteiger partial charge in [0.25, 0.3) is 0 Å². The van der Waals surface area contributed by atoms with Gasteiger partial charge in [-0.2, -0.15) is 0 Å². The lowest BCUT2D eigenvalue weighted by Crippen LogP contribution is -2.53. The molecule has 1 N–H and O–H groups in total. The van der Waals surface area contributed by atoms with Crippen LogP contribution in [0.3, 0.4) is 0 Å². The molecule has 1 aliphatic rings. The van der Waals surface area contributed by atoms with E-state index in [9.17, 15) is 13.5 Å². The first kappa shape index (κ1) is 11.4. The molecule has 1 aliphatic heterocycles. The second-order valence-corrected chi connectivity index (χ2v) is 6.53. The number of ether oxygens (including phenoxy) is 1. The Labute approximate surface area is 94.8 Å². The van der Waals surface area contributed by atoms with Crippen LogP contribution in [0.1, 0.15) is 12.5 Å². The molecule has 0 spiro atoms. The van der Waals surface area contributed by atoms with Crippen LogP contribution in [0, 0.1) is 0 Å². The first-order valence-corrected chi connectivity index (χ1v) is 6.76. The lowest BCUT2D eigenvalue weighted by atomic mass is 9.96. The quantitative estimate of drug-likeness (QED) is 0.860. The molecule has 1 heterocycles. The van der Waals surface area contributed by atoms with Crippen LogP contribution in [-0.4, -0.2) is 32.5 Å². The third kappa shape index (κ3) is 1.51. The van der Waals surface area contributed by atoms with Crippen LogP contribution in [0.15, 0.2) is 24.3 Å². The average Bonchev–Trinajstić information content (AvgIpc) is 2.19. The van der Waals surface area contributed by atoms with E-state index in [2.05, 4.69) is 0 Å². The zero-order valence-electron chi connectivity index (χ0n) is 9.01. The van der Waals surface area contributed by atoms with Crippen molar-refractivity contribution >= 4 is 9.84 Å². The molecule has 5 heteroatoms. The van der Waals surface area contributed by atoms with Gasteiger partial charge in [-0.3, -0.25) is 0 Å². The van der Waals surface area contributed by atoms with Gasteiger partial charge in [-0.15, -0.1) is 0 Å². The summed E-state index contributed by atoms with van der Waals surface area (Å²) in [6, 6.07) is 6.29.